The van der Waals surface area contributed by atoms with E-state index in [9.17, 15) is 9.18 Å². The lowest BCUT2D eigenvalue weighted by Crippen LogP contribution is -2.00. The molecule has 0 bridgehead atoms. The Morgan fingerprint density at radius 3 is 2.88 bits per heavy atom. The normalized spacial score (nSPS) is 23.6. The van der Waals surface area contributed by atoms with Crippen LogP contribution in [0.1, 0.15) is 23.9 Å². The maximum atomic E-state index is 13.0. The fourth-order valence-electron chi connectivity index (χ4n) is 2.01. The third kappa shape index (κ3) is 1.43. The molecule has 0 radical (unpaired) electrons. The van der Waals surface area contributed by atoms with Gasteiger partial charge in [-0.15, -0.1) is 0 Å². The number of fused-ring (bicyclic) bond motifs is 1. The summed E-state index contributed by atoms with van der Waals surface area (Å²) in [5.41, 5.74) is 0.568. The number of halogens is 1. The molecular formula is C13H11FO2. The standard InChI is InChI=1S/C13H11FO2/c1-7-4-10(7)13(15)12-6-8-5-9(14)2-3-11(8)16-12/h2-3,5-7,10H,4H2,1H3. The van der Waals surface area contributed by atoms with E-state index in [1.165, 1.54) is 12.1 Å². The summed E-state index contributed by atoms with van der Waals surface area (Å²) in [6, 6.07) is 5.90. The minimum atomic E-state index is -0.313. The van der Waals surface area contributed by atoms with Crippen molar-refractivity contribution < 1.29 is 13.6 Å². The second-order valence-electron chi connectivity index (χ2n) is 4.48. The Balaban J connectivity index is 2.02. The minimum Gasteiger partial charge on any atom is -0.453 e. The summed E-state index contributed by atoms with van der Waals surface area (Å²) in [7, 11) is 0. The first-order valence-electron chi connectivity index (χ1n) is 5.38. The third-order valence-corrected chi connectivity index (χ3v) is 3.17. The summed E-state index contributed by atoms with van der Waals surface area (Å²) >= 11 is 0. The quantitative estimate of drug-likeness (QED) is 0.723. The van der Waals surface area contributed by atoms with Crippen LogP contribution < -0.4 is 0 Å². The average Bonchev–Trinajstić information content (AvgIpc) is 2.83. The van der Waals surface area contributed by atoms with E-state index in [1.807, 2.05) is 6.92 Å². The molecule has 82 valence electrons. The fraction of sp³-hybridized carbons (Fsp3) is 0.308. The lowest BCUT2D eigenvalue weighted by atomic mass is 10.1. The summed E-state index contributed by atoms with van der Waals surface area (Å²) in [5.74, 6) is 0.647. The van der Waals surface area contributed by atoms with Crippen LogP contribution in [0.15, 0.2) is 28.7 Å². The van der Waals surface area contributed by atoms with Crippen molar-refractivity contribution in [1.29, 1.82) is 0 Å². The lowest BCUT2D eigenvalue weighted by Gasteiger charge is -1.91. The highest BCUT2D eigenvalue weighted by Crippen LogP contribution is 2.40. The Kier molecular flexibility index (Phi) is 1.90. The number of Topliss-reactive ketones (excluding diaryl/α,β-unsaturated/α-hetero) is 1. The Bertz CT molecular complexity index is 570. The third-order valence-electron chi connectivity index (χ3n) is 3.17. The van der Waals surface area contributed by atoms with Gasteiger partial charge in [0.1, 0.15) is 11.4 Å². The average molecular weight is 218 g/mol. The van der Waals surface area contributed by atoms with Crippen molar-refractivity contribution in [2.45, 2.75) is 13.3 Å². The zero-order valence-corrected chi connectivity index (χ0v) is 8.87. The Labute approximate surface area is 92.1 Å². The number of hydrogen-bond donors (Lipinski definition) is 0. The van der Waals surface area contributed by atoms with Crippen LogP contribution in [-0.4, -0.2) is 5.78 Å². The number of rotatable bonds is 2. The largest absolute Gasteiger partial charge is 0.453 e. The molecule has 3 heteroatoms. The van der Waals surface area contributed by atoms with E-state index in [4.69, 9.17) is 4.42 Å². The molecule has 0 saturated heterocycles. The molecule has 0 spiro atoms. The molecule has 2 unspecified atom stereocenters. The van der Waals surface area contributed by atoms with E-state index < -0.39 is 0 Å². The predicted octanol–water partition coefficient (Wildman–Crippen LogP) is 3.41. The SMILES string of the molecule is CC1CC1C(=O)c1cc2cc(F)ccc2o1. The molecule has 1 aliphatic carbocycles. The summed E-state index contributed by atoms with van der Waals surface area (Å²) in [6.45, 7) is 2.05. The first-order chi connectivity index (χ1) is 7.65. The molecule has 1 aromatic heterocycles. The number of benzene rings is 1. The van der Waals surface area contributed by atoms with Gasteiger partial charge in [0.25, 0.3) is 0 Å². The molecule has 2 aromatic rings. The second-order valence-corrected chi connectivity index (χ2v) is 4.48. The molecule has 1 aromatic carbocycles. The van der Waals surface area contributed by atoms with E-state index in [2.05, 4.69) is 0 Å². The van der Waals surface area contributed by atoms with Gasteiger partial charge in [0, 0.05) is 11.3 Å². The highest BCUT2D eigenvalue weighted by atomic mass is 19.1. The van der Waals surface area contributed by atoms with Gasteiger partial charge in [0.05, 0.1) is 0 Å². The van der Waals surface area contributed by atoms with Gasteiger partial charge in [-0.25, -0.2) is 4.39 Å². The van der Waals surface area contributed by atoms with Crippen LogP contribution in [0.3, 0.4) is 0 Å². The van der Waals surface area contributed by atoms with Crippen molar-refractivity contribution in [3.63, 3.8) is 0 Å². The lowest BCUT2D eigenvalue weighted by molar-refractivity contribution is 0.0937. The molecule has 2 atom stereocenters. The number of ketones is 1. The molecule has 3 rings (SSSR count). The van der Waals surface area contributed by atoms with E-state index in [-0.39, 0.29) is 17.5 Å². The number of hydrogen-bond acceptors (Lipinski definition) is 2. The van der Waals surface area contributed by atoms with Crippen LogP contribution in [0.25, 0.3) is 11.0 Å². The molecule has 16 heavy (non-hydrogen) atoms. The molecule has 1 aliphatic rings. The predicted molar refractivity (Wildman–Crippen MR) is 57.8 cm³/mol. The topological polar surface area (TPSA) is 30.2 Å². The molecule has 0 N–H and O–H groups in total. The van der Waals surface area contributed by atoms with Gasteiger partial charge in [0.15, 0.2) is 5.76 Å². The van der Waals surface area contributed by atoms with Crippen molar-refractivity contribution in [1.82, 2.24) is 0 Å². The highest BCUT2D eigenvalue weighted by Gasteiger charge is 2.40. The van der Waals surface area contributed by atoms with Crippen molar-refractivity contribution in [2.24, 2.45) is 11.8 Å². The first-order valence-corrected chi connectivity index (χ1v) is 5.38. The van der Waals surface area contributed by atoms with Crippen molar-refractivity contribution >= 4 is 16.8 Å². The van der Waals surface area contributed by atoms with Crippen LogP contribution in [-0.2, 0) is 0 Å². The number of carbonyl (C=O) groups is 1. The van der Waals surface area contributed by atoms with Crippen LogP contribution in [0.5, 0.6) is 0 Å². The van der Waals surface area contributed by atoms with Gasteiger partial charge in [0.2, 0.25) is 5.78 Å². The van der Waals surface area contributed by atoms with E-state index in [0.717, 1.165) is 6.42 Å². The van der Waals surface area contributed by atoms with Crippen LogP contribution in [0, 0.1) is 17.7 Å². The zero-order valence-electron chi connectivity index (χ0n) is 8.87. The maximum Gasteiger partial charge on any atom is 0.201 e. The fourth-order valence-corrected chi connectivity index (χ4v) is 2.01. The van der Waals surface area contributed by atoms with Gasteiger partial charge in [-0.05, 0) is 36.6 Å². The van der Waals surface area contributed by atoms with Gasteiger partial charge >= 0.3 is 0 Å². The van der Waals surface area contributed by atoms with E-state index >= 15 is 0 Å². The van der Waals surface area contributed by atoms with Gasteiger partial charge in [-0.3, -0.25) is 4.79 Å². The smallest absolute Gasteiger partial charge is 0.201 e. The number of furan rings is 1. The molecular weight excluding hydrogens is 207 g/mol. The van der Waals surface area contributed by atoms with Crippen LogP contribution >= 0.6 is 0 Å². The first kappa shape index (κ1) is 9.58. The summed E-state index contributed by atoms with van der Waals surface area (Å²) in [4.78, 5) is 11.9. The van der Waals surface area contributed by atoms with Crippen LogP contribution in [0.2, 0.25) is 0 Å². The summed E-state index contributed by atoms with van der Waals surface area (Å²) in [6.07, 6.45) is 0.935. The van der Waals surface area contributed by atoms with Crippen molar-refractivity contribution in [2.75, 3.05) is 0 Å². The minimum absolute atomic E-state index is 0.0455. The molecule has 1 fully saturated rings. The van der Waals surface area contributed by atoms with E-state index in [1.54, 1.807) is 12.1 Å². The monoisotopic (exact) mass is 218 g/mol. The summed E-state index contributed by atoms with van der Waals surface area (Å²) in [5, 5.41) is 0.650. The summed E-state index contributed by atoms with van der Waals surface area (Å²) < 4.78 is 18.4. The van der Waals surface area contributed by atoms with Crippen LogP contribution in [0.4, 0.5) is 4.39 Å². The Morgan fingerprint density at radius 2 is 2.19 bits per heavy atom. The molecule has 0 aliphatic heterocycles. The van der Waals surface area contributed by atoms with Gasteiger partial charge < -0.3 is 4.42 Å². The number of carbonyl (C=O) groups excluding carboxylic acids is 1. The Hall–Kier alpha value is -1.64. The van der Waals surface area contributed by atoms with Crippen molar-refractivity contribution in [3.8, 4) is 0 Å². The molecule has 2 nitrogen and oxygen atoms in total. The maximum absolute atomic E-state index is 13.0. The molecule has 0 amide bonds. The van der Waals surface area contributed by atoms with Crippen molar-refractivity contribution in [3.05, 3.63) is 35.8 Å². The highest BCUT2D eigenvalue weighted by molar-refractivity contribution is 6.00. The molecule has 1 saturated carbocycles. The van der Waals surface area contributed by atoms with Gasteiger partial charge in [-0.2, -0.15) is 0 Å². The Morgan fingerprint density at radius 1 is 1.44 bits per heavy atom. The molecule has 1 heterocycles. The zero-order chi connectivity index (χ0) is 11.3. The van der Waals surface area contributed by atoms with E-state index in [0.29, 0.717) is 22.6 Å². The second kappa shape index (κ2) is 3.17. The van der Waals surface area contributed by atoms with Gasteiger partial charge in [-0.1, -0.05) is 6.92 Å².